The molecule has 0 saturated carbocycles. The van der Waals surface area contributed by atoms with Crippen LogP contribution in [0.5, 0.6) is 0 Å². The molecule has 0 radical (unpaired) electrons. The summed E-state index contributed by atoms with van der Waals surface area (Å²) in [6, 6.07) is -1.49. The molecule has 0 spiro atoms. The highest BCUT2D eigenvalue weighted by molar-refractivity contribution is 7.96. The van der Waals surface area contributed by atoms with Crippen LogP contribution in [-0.4, -0.2) is 40.2 Å². The van der Waals surface area contributed by atoms with E-state index in [0.717, 1.165) is 0 Å². The molecule has 3 N–H and O–H groups in total. The van der Waals surface area contributed by atoms with Crippen LogP contribution in [0.2, 0.25) is 0 Å². The number of aliphatic hydroxyl groups is 1. The van der Waals surface area contributed by atoms with Crippen LogP contribution in [0.4, 0.5) is 4.79 Å². The maximum Gasteiger partial charge on any atom is 0.276 e. The van der Waals surface area contributed by atoms with Gasteiger partial charge in [0.2, 0.25) is 5.91 Å². The summed E-state index contributed by atoms with van der Waals surface area (Å²) in [6.45, 7) is 8.68. The quantitative estimate of drug-likeness (QED) is 0.505. The van der Waals surface area contributed by atoms with Crippen LogP contribution >= 0.6 is 12.6 Å². The van der Waals surface area contributed by atoms with Crippen molar-refractivity contribution in [3.8, 4) is 0 Å². The second-order valence-electron chi connectivity index (χ2n) is 5.62. The Bertz CT molecular complexity index is 385. The minimum absolute atomic E-state index is 0.0849. The summed E-state index contributed by atoms with van der Waals surface area (Å²) in [5, 5.41) is 13.7. The van der Waals surface area contributed by atoms with E-state index in [4.69, 9.17) is 0 Å². The molecule has 4 unspecified atom stereocenters. The first-order chi connectivity index (χ1) is 9.61. The van der Waals surface area contributed by atoms with E-state index in [9.17, 15) is 19.5 Å². The van der Waals surface area contributed by atoms with Gasteiger partial charge in [0.25, 0.3) is 5.24 Å². The molecule has 122 valence electrons. The first kappa shape index (κ1) is 19.9. The number of hydrogen-bond donors (Lipinski definition) is 4. The monoisotopic (exact) mass is 318 g/mol. The summed E-state index contributed by atoms with van der Waals surface area (Å²) in [7, 11) is 0. The lowest BCUT2D eigenvalue weighted by Gasteiger charge is -2.29. The van der Waals surface area contributed by atoms with Crippen LogP contribution in [0.15, 0.2) is 0 Å². The maximum absolute atomic E-state index is 12.6. The van der Waals surface area contributed by atoms with Crippen molar-refractivity contribution in [3.63, 3.8) is 0 Å². The van der Waals surface area contributed by atoms with Crippen LogP contribution in [0, 0.1) is 11.8 Å². The van der Waals surface area contributed by atoms with Gasteiger partial charge in [-0.15, -0.1) is 0 Å². The van der Waals surface area contributed by atoms with Crippen molar-refractivity contribution in [2.75, 3.05) is 0 Å². The van der Waals surface area contributed by atoms with Crippen LogP contribution in [0.1, 0.15) is 41.0 Å². The Morgan fingerprint density at radius 2 is 1.57 bits per heavy atom. The zero-order chi connectivity index (χ0) is 16.7. The van der Waals surface area contributed by atoms with Crippen LogP contribution < -0.4 is 10.6 Å². The molecule has 7 heteroatoms. The lowest BCUT2D eigenvalue weighted by molar-refractivity contribution is -0.134. The lowest BCUT2D eigenvalue weighted by Crippen LogP contribution is -2.56. The van der Waals surface area contributed by atoms with Crippen LogP contribution in [0.25, 0.3) is 0 Å². The summed E-state index contributed by atoms with van der Waals surface area (Å²) >= 11 is 3.66. The fourth-order valence-electron chi connectivity index (χ4n) is 1.90. The number of ketones is 1. The molecule has 0 aromatic carbocycles. The molecule has 0 aliphatic heterocycles. The zero-order valence-electron chi connectivity index (χ0n) is 13.2. The van der Waals surface area contributed by atoms with Gasteiger partial charge in [0.05, 0.1) is 12.1 Å². The Labute approximate surface area is 131 Å². The van der Waals surface area contributed by atoms with Gasteiger partial charge < -0.3 is 15.7 Å². The highest BCUT2D eigenvalue weighted by Crippen LogP contribution is 2.15. The van der Waals surface area contributed by atoms with E-state index < -0.39 is 29.3 Å². The third-order valence-corrected chi connectivity index (χ3v) is 3.58. The van der Waals surface area contributed by atoms with E-state index in [1.165, 1.54) is 6.92 Å². The number of carbonyl (C=O) groups excluding carboxylic acids is 3. The molecule has 0 aliphatic carbocycles. The van der Waals surface area contributed by atoms with Gasteiger partial charge in [-0.25, -0.2) is 0 Å². The predicted octanol–water partition coefficient (Wildman–Crippen LogP) is 1.13. The maximum atomic E-state index is 12.6. The smallest absolute Gasteiger partial charge is 0.276 e. The standard InChI is InChI=1S/C14H26N2O4S/c1-6-8(4)11(16-14(20)21)12(18)10(7(2)3)15-13(19)9(5)17/h7-11,17H,6H2,1-5H3,(H,15,19)(H2,16,20,21). The van der Waals surface area contributed by atoms with Crippen molar-refractivity contribution in [2.45, 2.75) is 59.2 Å². The van der Waals surface area contributed by atoms with E-state index in [2.05, 4.69) is 23.3 Å². The van der Waals surface area contributed by atoms with Gasteiger partial charge in [-0.05, 0) is 18.8 Å². The molecule has 4 atom stereocenters. The second-order valence-corrected chi connectivity index (χ2v) is 6.03. The van der Waals surface area contributed by atoms with Crippen LogP contribution in [-0.2, 0) is 9.59 Å². The summed E-state index contributed by atoms with van der Waals surface area (Å²) in [6.07, 6.45) is -0.500. The molecule has 0 bridgehead atoms. The summed E-state index contributed by atoms with van der Waals surface area (Å²) in [5.74, 6) is -1.14. The van der Waals surface area contributed by atoms with Crippen LogP contribution in [0.3, 0.4) is 0 Å². The highest BCUT2D eigenvalue weighted by atomic mass is 32.1. The lowest BCUT2D eigenvalue weighted by atomic mass is 9.87. The SMILES string of the molecule is CCC(C)C(NC(=O)S)C(=O)C(NC(=O)C(C)O)C(C)C. The van der Waals surface area contributed by atoms with E-state index in [1.54, 1.807) is 13.8 Å². The molecule has 0 rings (SSSR count). The Morgan fingerprint density at radius 1 is 1.05 bits per heavy atom. The number of hydrogen-bond acceptors (Lipinski definition) is 4. The van der Waals surface area contributed by atoms with Crippen molar-refractivity contribution in [3.05, 3.63) is 0 Å². The number of amides is 2. The molecule has 2 amide bonds. The molecular weight excluding hydrogens is 292 g/mol. The zero-order valence-corrected chi connectivity index (χ0v) is 14.1. The number of nitrogens with one attached hydrogen (secondary N) is 2. The summed E-state index contributed by atoms with van der Waals surface area (Å²) in [5.41, 5.74) is 0. The third kappa shape index (κ3) is 6.48. The molecule has 0 aromatic heterocycles. The molecule has 0 fully saturated rings. The average molecular weight is 318 g/mol. The number of Topliss-reactive ketones (excluding diaryl/α,β-unsaturated/α-hetero) is 1. The summed E-state index contributed by atoms with van der Waals surface area (Å²) < 4.78 is 0. The highest BCUT2D eigenvalue weighted by Gasteiger charge is 2.34. The van der Waals surface area contributed by atoms with Crippen molar-refractivity contribution in [2.24, 2.45) is 11.8 Å². The van der Waals surface area contributed by atoms with Gasteiger partial charge in [0, 0.05) is 0 Å². The third-order valence-electron chi connectivity index (χ3n) is 3.45. The molecular formula is C14H26N2O4S. The number of thiol groups is 1. The first-order valence-corrected chi connectivity index (χ1v) is 7.58. The molecule has 0 aromatic rings. The normalized spacial score (nSPS) is 16.8. The fourth-order valence-corrected chi connectivity index (χ4v) is 2.04. The van der Waals surface area contributed by atoms with Crippen molar-refractivity contribution in [1.29, 1.82) is 0 Å². The number of rotatable bonds is 8. The minimum Gasteiger partial charge on any atom is -0.384 e. The van der Waals surface area contributed by atoms with E-state index >= 15 is 0 Å². The van der Waals surface area contributed by atoms with Gasteiger partial charge in [0.15, 0.2) is 5.78 Å². The first-order valence-electron chi connectivity index (χ1n) is 7.13. The van der Waals surface area contributed by atoms with Gasteiger partial charge in [0.1, 0.15) is 6.10 Å². The second kappa shape index (κ2) is 9.04. The predicted molar refractivity (Wildman–Crippen MR) is 84.2 cm³/mol. The number of carbonyl (C=O) groups is 3. The van der Waals surface area contributed by atoms with Gasteiger partial charge in [-0.1, -0.05) is 46.7 Å². The van der Waals surface area contributed by atoms with Gasteiger partial charge in [-0.3, -0.25) is 14.4 Å². The van der Waals surface area contributed by atoms with E-state index in [0.29, 0.717) is 6.42 Å². The minimum atomic E-state index is -1.19. The molecule has 21 heavy (non-hydrogen) atoms. The largest absolute Gasteiger partial charge is 0.384 e. The molecule has 0 saturated heterocycles. The topological polar surface area (TPSA) is 95.5 Å². The van der Waals surface area contributed by atoms with E-state index in [-0.39, 0.29) is 17.6 Å². The Hall–Kier alpha value is -1.08. The van der Waals surface area contributed by atoms with Gasteiger partial charge >= 0.3 is 0 Å². The number of aliphatic hydroxyl groups excluding tert-OH is 1. The van der Waals surface area contributed by atoms with Crippen molar-refractivity contribution in [1.82, 2.24) is 10.6 Å². The van der Waals surface area contributed by atoms with Crippen molar-refractivity contribution < 1.29 is 19.5 Å². The van der Waals surface area contributed by atoms with Gasteiger partial charge in [-0.2, -0.15) is 0 Å². The summed E-state index contributed by atoms with van der Waals surface area (Å²) in [4.78, 5) is 35.4. The molecule has 0 heterocycles. The molecule has 0 aliphatic rings. The van der Waals surface area contributed by atoms with Crippen molar-refractivity contribution >= 4 is 29.6 Å². The Kier molecular flexibility index (Phi) is 8.58. The fraction of sp³-hybridized carbons (Fsp3) is 0.786. The Morgan fingerprint density at radius 3 is 1.90 bits per heavy atom. The van der Waals surface area contributed by atoms with E-state index in [1.807, 2.05) is 13.8 Å². The Balaban J connectivity index is 5.21. The average Bonchev–Trinajstić information content (AvgIpc) is 2.39. The molecule has 6 nitrogen and oxygen atoms in total.